The molecule has 0 atom stereocenters. The molecule has 1 aromatic heterocycles. The van der Waals surface area contributed by atoms with Gasteiger partial charge in [-0.25, -0.2) is 4.98 Å². The van der Waals surface area contributed by atoms with E-state index in [4.69, 9.17) is 0 Å². The average Bonchev–Trinajstić information content (AvgIpc) is 2.91. The van der Waals surface area contributed by atoms with Crippen LogP contribution in [-0.4, -0.2) is 21.7 Å². The number of benzene rings is 1. The molecule has 0 aliphatic rings. The minimum Gasteiger partial charge on any atom is -0.326 e. The van der Waals surface area contributed by atoms with Crippen LogP contribution in [-0.2, 0) is 11.0 Å². The van der Waals surface area contributed by atoms with Gasteiger partial charge in [-0.05, 0) is 29.5 Å². The Bertz CT molecular complexity index is 850. The summed E-state index contributed by atoms with van der Waals surface area (Å²) in [5.41, 5.74) is -1.34. The number of anilines is 2. The first kappa shape index (κ1) is 18.3. The van der Waals surface area contributed by atoms with Crippen LogP contribution in [0.15, 0.2) is 24.3 Å². The predicted molar refractivity (Wildman–Crippen MR) is 82.5 cm³/mol. The van der Waals surface area contributed by atoms with E-state index in [9.17, 15) is 32.9 Å². The van der Waals surface area contributed by atoms with Gasteiger partial charge in [0.25, 0.3) is 5.91 Å². The molecular weight excluding hydrogens is 365 g/mol. The molecule has 8 nitrogen and oxygen atoms in total. The van der Waals surface area contributed by atoms with Crippen molar-refractivity contribution in [2.24, 2.45) is 0 Å². The van der Waals surface area contributed by atoms with E-state index in [0.29, 0.717) is 5.69 Å². The van der Waals surface area contributed by atoms with Crippen molar-refractivity contribution in [2.75, 3.05) is 10.6 Å². The van der Waals surface area contributed by atoms with Crippen LogP contribution in [0.1, 0.15) is 23.0 Å². The number of nitrogens with one attached hydrogen (secondary N) is 2. The van der Waals surface area contributed by atoms with Gasteiger partial charge in [-0.3, -0.25) is 25.0 Å². The molecule has 0 unspecified atom stereocenters. The maximum Gasteiger partial charge on any atom is 0.441 e. The third-order valence-corrected chi connectivity index (χ3v) is 3.63. The molecule has 0 aliphatic heterocycles. The largest absolute Gasteiger partial charge is 0.441 e. The maximum absolute atomic E-state index is 12.7. The lowest BCUT2D eigenvalue weighted by Crippen LogP contribution is -2.13. The first-order valence-electron chi connectivity index (χ1n) is 6.49. The summed E-state index contributed by atoms with van der Waals surface area (Å²) in [6.45, 7) is 1.26. The molecule has 0 saturated heterocycles. The van der Waals surface area contributed by atoms with Gasteiger partial charge in [0.1, 0.15) is 0 Å². The zero-order valence-corrected chi connectivity index (χ0v) is 13.2. The van der Waals surface area contributed by atoms with E-state index < -0.39 is 32.8 Å². The van der Waals surface area contributed by atoms with Crippen molar-refractivity contribution in [1.29, 1.82) is 0 Å². The number of carbonyl (C=O) groups excluding carboxylic acids is 2. The molecule has 12 heteroatoms. The Labute approximate surface area is 141 Å². The van der Waals surface area contributed by atoms with Crippen LogP contribution in [0.2, 0.25) is 0 Å². The van der Waals surface area contributed by atoms with Crippen LogP contribution >= 0.6 is 11.3 Å². The van der Waals surface area contributed by atoms with Gasteiger partial charge in [0.05, 0.1) is 4.92 Å². The number of nitrogens with zero attached hydrogens (tertiary/aromatic N) is 2. The molecule has 2 N–H and O–H groups in total. The average molecular weight is 374 g/mol. The van der Waals surface area contributed by atoms with E-state index >= 15 is 0 Å². The Balaban J connectivity index is 2.26. The van der Waals surface area contributed by atoms with Gasteiger partial charge in [0.15, 0.2) is 5.13 Å². The van der Waals surface area contributed by atoms with E-state index in [0.717, 1.165) is 0 Å². The van der Waals surface area contributed by atoms with Crippen LogP contribution in [0.3, 0.4) is 0 Å². The van der Waals surface area contributed by atoms with Gasteiger partial charge in [-0.2, -0.15) is 13.2 Å². The van der Waals surface area contributed by atoms with E-state index in [1.807, 2.05) is 0 Å². The molecule has 0 radical (unpaired) electrons. The molecule has 25 heavy (non-hydrogen) atoms. The van der Waals surface area contributed by atoms with Crippen LogP contribution in [0.4, 0.5) is 29.0 Å². The number of halogens is 3. The topological polar surface area (TPSA) is 114 Å². The number of nitro groups is 1. The summed E-state index contributed by atoms with van der Waals surface area (Å²) in [5, 5.41) is 13.5. The molecule has 1 aromatic carbocycles. The molecule has 0 fully saturated rings. The Morgan fingerprint density at radius 2 is 1.96 bits per heavy atom. The van der Waals surface area contributed by atoms with E-state index in [-0.39, 0.29) is 22.8 Å². The number of hydrogen-bond donors (Lipinski definition) is 2. The lowest BCUT2D eigenvalue weighted by Gasteiger charge is -2.05. The highest BCUT2D eigenvalue weighted by Crippen LogP contribution is 2.40. The van der Waals surface area contributed by atoms with Crippen molar-refractivity contribution in [3.05, 3.63) is 45.6 Å². The van der Waals surface area contributed by atoms with Gasteiger partial charge in [-0.15, -0.1) is 0 Å². The number of rotatable bonds is 4. The summed E-state index contributed by atoms with van der Waals surface area (Å²) in [5.74, 6) is -1.20. The zero-order chi connectivity index (χ0) is 18.8. The Morgan fingerprint density at radius 3 is 2.48 bits per heavy atom. The standard InChI is InChI=1S/C13H9F3N4O4S/c1-6(21)17-8-4-2-3-7(5-8)10(22)19-12-18-9(13(14,15)16)11(25-12)20(23)24/h2-5H,1H3,(H,17,21)(H,18,19,22). The smallest absolute Gasteiger partial charge is 0.326 e. The van der Waals surface area contributed by atoms with Gasteiger partial charge >= 0.3 is 11.2 Å². The fraction of sp³-hybridized carbons (Fsp3) is 0.154. The summed E-state index contributed by atoms with van der Waals surface area (Å²) in [4.78, 5) is 35.7. The van der Waals surface area contributed by atoms with Crippen LogP contribution in [0, 0.1) is 10.1 Å². The minimum atomic E-state index is -5.02. The van der Waals surface area contributed by atoms with Crippen LogP contribution < -0.4 is 10.6 Å². The second kappa shape index (κ2) is 6.84. The molecule has 132 valence electrons. The van der Waals surface area contributed by atoms with Crippen molar-refractivity contribution < 1.29 is 27.7 Å². The SMILES string of the molecule is CC(=O)Nc1cccc(C(=O)Nc2nc(C(F)(F)F)c([N+](=O)[O-])s2)c1. The monoisotopic (exact) mass is 374 g/mol. The third kappa shape index (κ3) is 4.50. The first-order valence-corrected chi connectivity index (χ1v) is 7.31. The van der Waals surface area contributed by atoms with Crippen molar-refractivity contribution in [2.45, 2.75) is 13.1 Å². The molecule has 2 amide bonds. The summed E-state index contributed by atoms with van der Waals surface area (Å²) in [7, 11) is 0. The summed E-state index contributed by atoms with van der Waals surface area (Å²) >= 11 is 0.100. The molecule has 2 rings (SSSR count). The molecule has 0 bridgehead atoms. The third-order valence-electron chi connectivity index (χ3n) is 2.71. The van der Waals surface area contributed by atoms with Crippen molar-refractivity contribution in [3.8, 4) is 0 Å². The number of amides is 2. The molecule has 0 spiro atoms. The highest BCUT2D eigenvalue weighted by Gasteiger charge is 2.43. The van der Waals surface area contributed by atoms with Crippen molar-refractivity contribution in [1.82, 2.24) is 4.98 Å². The number of hydrogen-bond acceptors (Lipinski definition) is 6. The normalized spacial score (nSPS) is 11.0. The Hall–Kier alpha value is -3.02. The van der Waals surface area contributed by atoms with Gasteiger partial charge in [0, 0.05) is 18.2 Å². The Kier molecular flexibility index (Phi) is 5.02. The molecule has 0 aliphatic carbocycles. The van der Waals surface area contributed by atoms with E-state index in [1.165, 1.54) is 31.2 Å². The van der Waals surface area contributed by atoms with E-state index in [1.54, 1.807) is 0 Å². The fourth-order valence-electron chi connectivity index (χ4n) is 1.78. The fourth-order valence-corrected chi connectivity index (χ4v) is 2.58. The predicted octanol–water partition coefficient (Wildman–Crippen LogP) is 3.28. The Morgan fingerprint density at radius 1 is 1.28 bits per heavy atom. The summed E-state index contributed by atoms with van der Waals surface area (Å²) in [6, 6.07) is 5.61. The van der Waals surface area contributed by atoms with Gasteiger partial charge in [-0.1, -0.05) is 6.07 Å². The zero-order valence-electron chi connectivity index (χ0n) is 12.4. The summed E-state index contributed by atoms with van der Waals surface area (Å²) in [6.07, 6.45) is -5.02. The van der Waals surface area contributed by atoms with E-state index in [2.05, 4.69) is 15.6 Å². The van der Waals surface area contributed by atoms with Crippen LogP contribution in [0.5, 0.6) is 0 Å². The molecule has 1 heterocycles. The number of carbonyl (C=O) groups is 2. The highest BCUT2D eigenvalue weighted by atomic mass is 32.1. The second-order valence-corrected chi connectivity index (χ2v) is 5.62. The molecular formula is C13H9F3N4O4S. The van der Waals surface area contributed by atoms with Gasteiger partial charge < -0.3 is 5.32 Å². The molecule has 2 aromatic rings. The van der Waals surface area contributed by atoms with Crippen molar-refractivity contribution in [3.63, 3.8) is 0 Å². The highest BCUT2D eigenvalue weighted by molar-refractivity contribution is 7.19. The molecule has 0 saturated carbocycles. The first-order chi connectivity index (χ1) is 11.6. The quantitative estimate of drug-likeness (QED) is 0.630. The maximum atomic E-state index is 12.7. The van der Waals surface area contributed by atoms with Crippen molar-refractivity contribution >= 4 is 39.0 Å². The lowest BCUT2D eigenvalue weighted by atomic mass is 10.2. The van der Waals surface area contributed by atoms with Crippen LogP contribution in [0.25, 0.3) is 0 Å². The van der Waals surface area contributed by atoms with Gasteiger partial charge in [0.2, 0.25) is 11.6 Å². The minimum absolute atomic E-state index is 0.0256. The second-order valence-electron chi connectivity index (χ2n) is 4.64. The number of thiazole rings is 1. The lowest BCUT2D eigenvalue weighted by molar-refractivity contribution is -0.383. The number of alkyl halides is 3. The number of aromatic nitrogens is 1. The summed E-state index contributed by atoms with van der Waals surface area (Å²) < 4.78 is 38.2.